The fourth-order valence-corrected chi connectivity index (χ4v) is 1.89. The van der Waals surface area contributed by atoms with Crippen LogP contribution >= 0.6 is 15.9 Å². The molecule has 0 spiro atoms. The summed E-state index contributed by atoms with van der Waals surface area (Å²) < 4.78 is 1.05. The van der Waals surface area contributed by atoms with Crippen LogP contribution in [-0.4, -0.2) is 24.4 Å². The Bertz CT molecular complexity index is 378. The fourth-order valence-electron chi connectivity index (χ4n) is 1.63. The van der Waals surface area contributed by atoms with Crippen molar-refractivity contribution in [3.05, 3.63) is 34.3 Å². The molecule has 2 N–H and O–H groups in total. The molecule has 1 rings (SSSR count). The Morgan fingerprint density at radius 3 is 2.56 bits per heavy atom. The lowest BCUT2D eigenvalue weighted by Gasteiger charge is -2.18. The Hall–Kier alpha value is -0.870. The largest absolute Gasteiger partial charge is 0.341 e. The van der Waals surface area contributed by atoms with Crippen LogP contribution in [0.3, 0.4) is 0 Å². The summed E-state index contributed by atoms with van der Waals surface area (Å²) >= 11 is 3.40. The highest BCUT2D eigenvalue weighted by atomic mass is 79.9. The number of halogens is 1. The van der Waals surface area contributed by atoms with Gasteiger partial charge in [0.1, 0.15) is 0 Å². The normalized spacial score (nSPS) is 12.2. The number of nitrogens with zero attached hydrogens (tertiary/aromatic N) is 1. The van der Waals surface area contributed by atoms with Crippen LogP contribution in [0.4, 0.5) is 0 Å². The van der Waals surface area contributed by atoms with Crippen molar-refractivity contribution in [1.29, 1.82) is 0 Å². The summed E-state index contributed by atoms with van der Waals surface area (Å²) in [6, 6.07) is 8.03. The molecule has 4 heteroatoms. The molecule has 1 unspecified atom stereocenters. The van der Waals surface area contributed by atoms with Gasteiger partial charge in [-0.05, 0) is 36.6 Å². The van der Waals surface area contributed by atoms with Gasteiger partial charge in [-0.1, -0.05) is 35.0 Å². The fraction of sp³-hybridized carbons (Fsp3) is 0.500. The topological polar surface area (TPSA) is 46.3 Å². The van der Waals surface area contributed by atoms with Crippen molar-refractivity contribution in [2.45, 2.75) is 26.3 Å². The average molecular weight is 313 g/mol. The predicted molar refractivity (Wildman–Crippen MR) is 78.1 cm³/mol. The first-order valence-electron chi connectivity index (χ1n) is 6.21. The minimum atomic E-state index is 0.179. The van der Waals surface area contributed by atoms with E-state index < -0.39 is 0 Å². The molecule has 0 aliphatic carbocycles. The van der Waals surface area contributed by atoms with E-state index in [9.17, 15) is 4.79 Å². The van der Waals surface area contributed by atoms with Crippen LogP contribution in [0.15, 0.2) is 28.7 Å². The molecule has 18 heavy (non-hydrogen) atoms. The molecule has 0 radical (unpaired) electrons. The van der Waals surface area contributed by atoms with Crippen LogP contribution in [0.25, 0.3) is 0 Å². The lowest BCUT2D eigenvalue weighted by molar-refractivity contribution is -0.130. The second-order valence-electron chi connectivity index (χ2n) is 4.76. The number of amides is 1. The van der Waals surface area contributed by atoms with Crippen molar-refractivity contribution >= 4 is 21.8 Å². The van der Waals surface area contributed by atoms with Crippen LogP contribution in [0.2, 0.25) is 0 Å². The van der Waals surface area contributed by atoms with Gasteiger partial charge in [0.05, 0.1) is 0 Å². The van der Waals surface area contributed by atoms with E-state index in [0.29, 0.717) is 25.4 Å². The van der Waals surface area contributed by atoms with E-state index in [0.717, 1.165) is 16.5 Å². The minimum Gasteiger partial charge on any atom is -0.341 e. The molecular weight excluding hydrogens is 292 g/mol. The SMILES string of the molecule is CC(CN)CCC(=O)N(C)Cc1ccc(Br)cc1. The number of hydrogen-bond acceptors (Lipinski definition) is 2. The van der Waals surface area contributed by atoms with Crippen molar-refractivity contribution < 1.29 is 4.79 Å². The van der Waals surface area contributed by atoms with Gasteiger partial charge in [0.2, 0.25) is 5.91 Å². The summed E-state index contributed by atoms with van der Waals surface area (Å²) in [7, 11) is 1.84. The first-order chi connectivity index (χ1) is 8.52. The number of carbonyl (C=O) groups is 1. The van der Waals surface area contributed by atoms with Gasteiger partial charge in [0, 0.05) is 24.5 Å². The molecule has 1 amide bonds. The lowest BCUT2D eigenvalue weighted by Crippen LogP contribution is -2.26. The maximum atomic E-state index is 11.9. The van der Waals surface area contributed by atoms with E-state index in [4.69, 9.17) is 5.73 Å². The van der Waals surface area contributed by atoms with Gasteiger partial charge in [-0.3, -0.25) is 4.79 Å². The average Bonchev–Trinajstić information content (AvgIpc) is 2.38. The Morgan fingerprint density at radius 2 is 2.00 bits per heavy atom. The molecule has 1 atom stereocenters. The maximum absolute atomic E-state index is 11.9. The van der Waals surface area contributed by atoms with Gasteiger partial charge in [-0.25, -0.2) is 0 Å². The summed E-state index contributed by atoms with van der Waals surface area (Å²) in [6.45, 7) is 3.37. The van der Waals surface area contributed by atoms with E-state index >= 15 is 0 Å². The maximum Gasteiger partial charge on any atom is 0.222 e. The van der Waals surface area contributed by atoms with Crippen molar-refractivity contribution in [2.24, 2.45) is 11.7 Å². The zero-order valence-corrected chi connectivity index (χ0v) is 12.6. The van der Waals surface area contributed by atoms with Crippen molar-refractivity contribution in [1.82, 2.24) is 4.90 Å². The number of hydrogen-bond donors (Lipinski definition) is 1. The van der Waals surface area contributed by atoms with Crippen molar-refractivity contribution in [3.8, 4) is 0 Å². The van der Waals surface area contributed by atoms with E-state index in [2.05, 4.69) is 22.9 Å². The van der Waals surface area contributed by atoms with Crippen LogP contribution in [0, 0.1) is 5.92 Å². The van der Waals surface area contributed by atoms with Crippen LogP contribution < -0.4 is 5.73 Å². The van der Waals surface area contributed by atoms with E-state index in [1.807, 2.05) is 31.3 Å². The highest BCUT2D eigenvalue weighted by Crippen LogP contribution is 2.13. The van der Waals surface area contributed by atoms with Crippen molar-refractivity contribution in [2.75, 3.05) is 13.6 Å². The monoisotopic (exact) mass is 312 g/mol. The molecule has 0 heterocycles. The highest BCUT2D eigenvalue weighted by molar-refractivity contribution is 9.10. The Kier molecular flexibility index (Phi) is 6.36. The summed E-state index contributed by atoms with van der Waals surface area (Å²) in [4.78, 5) is 13.7. The predicted octanol–water partition coefficient (Wildman–Crippen LogP) is 2.78. The first-order valence-corrected chi connectivity index (χ1v) is 7.00. The standard InChI is InChI=1S/C14H21BrN2O/c1-11(9-16)3-8-14(18)17(2)10-12-4-6-13(15)7-5-12/h4-7,11H,3,8-10,16H2,1-2H3. The lowest BCUT2D eigenvalue weighted by atomic mass is 10.1. The van der Waals surface area contributed by atoms with E-state index in [1.54, 1.807) is 4.90 Å². The smallest absolute Gasteiger partial charge is 0.222 e. The minimum absolute atomic E-state index is 0.179. The molecule has 0 saturated heterocycles. The van der Waals surface area contributed by atoms with Gasteiger partial charge in [-0.2, -0.15) is 0 Å². The molecule has 0 saturated carbocycles. The van der Waals surface area contributed by atoms with Gasteiger partial charge < -0.3 is 10.6 Å². The zero-order chi connectivity index (χ0) is 13.5. The van der Waals surface area contributed by atoms with E-state index in [-0.39, 0.29) is 5.91 Å². The Morgan fingerprint density at radius 1 is 1.39 bits per heavy atom. The molecule has 0 aromatic heterocycles. The van der Waals surface area contributed by atoms with Gasteiger partial charge >= 0.3 is 0 Å². The molecule has 1 aromatic rings. The van der Waals surface area contributed by atoms with Gasteiger partial charge in [-0.15, -0.1) is 0 Å². The first kappa shape index (κ1) is 15.2. The van der Waals surface area contributed by atoms with Crippen LogP contribution in [0.5, 0.6) is 0 Å². The summed E-state index contributed by atoms with van der Waals surface area (Å²) in [5.74, 6) is 0.591. The molecule has 0 bridgehead atoms. The molecule has 0 aliphatic rings. The molecule has 0 fully saturated rings. The Balaban J connectivity index is 2.42. The quantitative estimate of drug-likeness (QED) is 0.878. The number of nitrogens with two attached hydrogens (primary N) is 1. The number of carbonyl (C=O) groups excluding carboxylic acids is 1. The number of benzene rings is 1. The summed E-state index contributed by atoms with van der Waals surface area (Å²) in [5.41, 5.74) is 6.68. The highest BCUT2D eigenvalue weighted by Gasteiger charge is 2.10. The third kappa shape index (κ3) is 5.19. The molecule has 3 nitrogen and oxygen atoms in total. The summed E-state index contributed by atoms with van der Waals surface area (Å²) in [6.07, 6.45) is 1.44. The van der Waals surface area contributed by atoms with E-state index in [1.165, 1.54) is 0 Å². The van der Waals surface area contributed by atoms with Crippen molar-refractivity contribution in [3.63, 3.8) is 0 Å². The zero-order valence-electron chi connectivity index (χ0n) is 11.0. The van der Waals surface area contributed by atoms with Crippen LogP contribution in [-0.2, 0) is 11.3 Å². The molecular formula is C14H21BrN2O. The third-order valence-corrected chi connectivity index (χ3v) is 3.54. The molecule has 100 valence electrons. The Labute approximate surface area is 117 Å². The second-order valence-corrected chi connectivity index (χ2v) is 5.67. The van der Waals surface area contributed by atoms with Crippen LogP contribution in [0.1, 0.15) is 25.3 Å². The molecule has 1 aromatic carbocycles. The van der Waals surface area contributed by atoms with Gasteiger partial charge in [0.25, 0.3) is 0 Å². The third-order valence-electron chi connectivity index (χ3n) is 3.01. The molecule has 0 aliphatic heterocycles. The van der Waals surface area contributed by atoms with Gasteiger partial charge in [0.15, 0.2) is 0 Å². The number of rotatable bonds is 6. The second kappa shape index (κ2) is 7.54. The summed E-state index contributed by atoms with van der Waals surface area (Å²) in [5, 5.41) is 0.